The summed E-state index contributed by atoms with van der Waals surface area (Å²) in [6.07, 6.45) is -0.755. The Morgan fingerprint density at radius 1 is 1.16 bits per heavy atom. The molecule has 1 atom stereocenters. The van der Waals surface area contributed by atoms with Crippen LogP contribution in [0.4, 0.5) is 0 Å². The molecule has 1 unspecified atom stereocenters. The van der Waals surface area contributed by atoms with Gasteiger partial charge in [-0.05, 0) is 24.3 Å². The third kappa shape index (κ3) is 3.63. The lowest BCUT2D eigenvalue weighted by atomic mass is 10.1. The van der Waals surface area contributed by atoms with E-state index in [1.54, 1.807) is 37.4 Å². The molecule has 4 heteroatoms. The Labute approximate surface area is 117 Å². The van der Waals surface area contributed by atoms with Crippen molar-refractivity contribution in [2.24, 2.45) is 0 Å². The van der Waals surface area contributed by atoms with Crippen molar-refractivity contribution < 1.29 is 14.6 Å². The number of rotatable bonds is 5. The molecule has 100 valence electrons. The minimum Gasteiger partial charge on any atom is -0.496 e. The van der Waals surface area contributed by atoms with E-state index >= 15 is 0 Å². The Morgan fingerprint density at radius 3 is 2.68 bits per heavy atom. The molecule has 3 nitrogen and oxygen atoms in total. The number of benzene rings is 2. The van der Waals surface area contributed by atoms with E-state index in [0.29, 0.717) is 22.1 Å². The van der Waals surface area contributed by atoms with Crippen molar-refractivity contribution in [3.63, 3.8) is 0 Å². The monoisotopic (exact) mass is 278 g/mol. The molecule has 1 N–H and O–H groups in total. The zero-order chi connectivity index (χ0) is 13.7. The summed E-state index contributed by atoms with van der Waals surface area (Å²) >= 11 is 5.86. The smallest absolute Gasteiger partial charge is 0.124 e. The molecule has 0 saturated carbocycles. The number of methoxy groups -OCH3 is 1. The summed E-state index contributed by atoms with van der Waals surface area (Å²) < 4.78 is 10.7. The van der Waals surface area contributed by atoms with Crippen molar-refractivity contribution in [1.29, 1.82) is 0 Å². The molecule has 2 aromatic carbocycles. The summed E-state index contributed by atoms with van der Waals surface area (Å²) in [5.74, 6) is 1.27. The molecular formula is C15H15ClO3. The quantitative estimate of drug-likeness (QED) is 0.910. The number of aliphatic hydroxyl groups excluding tert-OH is 1. The summed E-state index contributed by atoms with van der Waals surface area (Å²) in [5.41, 5.74) is 0.701. The van der Waals surface area contributed by atoms with Gasteiger partial charge in [-0.1, -0.05) is 35.9 Å². The first-order valence-electron chi connectivity index (χ1n) is 5.90. The number of aliphatic hydroxyl groups is 1. The van der Waals surface area contributed by atoms with E-state index in [1.807, 2.05) is 18.2 Å². The van der Waals surface area contributed by atoms with Gasteiger partial charge in [0, 0.05) is 10.6 Å². The molecule has 2 rings (SSSR count). The van der Waals surface area contributed by atoms with Crippen LogP contribution in [0.5, 0.6) is 11.5 Å². The highest BCUT2D eigenvalue weighted by molar-refractivity contribution is 6.30. The largest absolute Gasteiger partial charge is 0.496 e. The van der Waals surface area contributed by atoms with Crippen molar-refractivity contribution in [1.82, 2.24) is 0 Å². The van der Waals surface area contributed by atoms with Gasteiger partial charge >= 0.3 is 0 Å². The molecule has 0 aliphatic rings. The normalized spacial score (nSPS) is 11.9. The average molecular weight is 279 g/mol. The topological polar surface area (TPSA) is 38.7 Å². The first kappa shape index (κ1) is 13.7. The summed E-state index contributed by atoms with van der Waals surface area (Å²) in [7, 11) is 1.57. The molecular weight excluding hydrogens is 264 g/mol. The summed E-state index contributed by atoms with van der Waals surface area (Å²) in [6, 6.07) is 14.4. The first-order chi connectivity index (χ1) is 9.20. The Kier molecular flexibility index (Phi) is 4.66. The fourth-order valence-electron chi connectivity index (χ4n) is 1.76. The second kappa shape index (κ2) is 6.45. The Bertz CT molecular complexity index is 542. The van der Waals surface area contributed by atoms with Gasteiger partial charge < -0.3 is 14.6 Å². The SMILES string of the molecule is COc1ccccc1C(O)COc1cccc(Cl)c1. The van der Waals surface area contributed by atoms with Crippen LogP contribution in [0.3, 0.4) is 0 Å². The van der Waals surface area contributed by atoms with Gasteiger partial charge in [0.2, 0.25) is 0 Å². The van der Waals surface area contributed by atoms with E-state index < -0.39 is 6.10 Å². The van der Waals surface area contributed by atoms with Gasteiger partial charge in [-0.15, -0.1) is 0 Å². The van der Waals surface area contributed by atoms with Crippen LogP contribution in [-0.4, -0.2) is 18.8 Å². The van der Waals surface area contributed by atoms with E-state index in [9.17, 15) is 5.11 Å². The van der Waals surface area contributed by atoms with E-state index in [1.165, 1.54) is 0 Å². The standard InChI is InChI=1S/C15H15ClO3/c1-18-15-8-3-2-7-13(15)14(17)10-19-12-6-4-5-11(16)9-12/h2-9,14,17H,10H2,1H3. The Hall–Kier alpha value is -1.71. The van der Waals surface area contributed by atoms with Crippen LogP contribution in [0.2, 0.25) is 5.02 Å². The highest BCUT2D eigenvalue weighted by Gasteiger charge is 2.13. The molecule has 0 heterocycles. The van der Waals surface area contributed by atoms with Gasteiger partial charge in [0.05, 0.1) is 7.11 Å². The maximum atomic E-state index is 10.1. The van der Waals surface area contributed by atoms with Crippen LogP contribution in [0.15, 0.2) is 48.5 Å². The molecule has 0 aliphatic carbocycles. The summed E-state index contributed by atoms with van der Waals surface area (Å²) in [4.78, 5) is 0. The van der Waals surface area contributed by atoms with Crippen LogP contribution in [-0.2, 0) is 0 Å². The molecule has 19 heavy (non-hydrogen) atoms. The maximum Gasteiger partial charge on any atom is 0.124 e. The minimum absolute atomic E-state index is 0.140. The van der Waals surface area contributed by atoms with Crippen LogP contribution in [0, 0.1) is 0 Å². The Balaban J connectivity index is 2.03. The van der Waals surface area contributed by atoms with Gasteiger partial charge in [0.25, 0.3) is 0 Å². The fourth-order valence-corrected chi connectivity index (χ4v) is 1.94. The highest BCUT2D eigenvalue weighted by Crippen LogP contribution is 2.26. The van der Waals surface area contributed by atoms with Gasteiger partial charge in [0.15, 0.2) is 0 Å². The lowest BCUT2D eigenvalue weighted by Gasteiger charge is -2.15. The third-order valence-corrected chi connectivity index (χ3v) is 2.94. The third-order valence-electron chi connectivity index (χ3n) is 2.70. The predicted molar refractivity (Wildman–Crippen MR) is 74.9 cm³/mol. The molecule has 0 fully saturated rings. The van der Waals surface area contributed by atoms with Crippen molar-refractivity contribution in [2.75, 3.05) is 13.7 Å². The molecule has 2 aromatic rings. The van der Waals surface area contributed by atoms with E-state index in [0.717, 1.165) is 0 Å². The molecule has 0 aliphatic heterocycles. The number of ether oxygens (including phenoxy) is 2. The van der Waals surface area contributed by atoms with Gasteiger partial charge in [0.1, 0.15) is 24.2 Å². The van der Waals surface area contributed by atoms with Crippen molar-refractivity contribution in [3.05, 3.63) is 59.1 Å². The first-order valence-corrected chi connectivity index (χ1v) is 6.28. The van der Waals surface area contributed by atoms with Crippen LogP contribution in [0.25, 0.3) is 0 Å². The zero-order valence-corrected chi connectivity index (χ0v) is 11.3. The van der Waals surface area contributed by atoms with E-state index in [-0.39, 0.29) is 6.61 Å². The lowest BCUT2D eigenvalue weighted by Crippen LogP contribution is -2.10. The number of hydrogen-bond acceptors (Lipinski definition) is 3. The maximum absolute atomic E-state index is 10.1. The highest BCUT2D eigenvalue weighted by atomic mass is 35.5. The molecule has 0 saturated heterocycles. The lowest BCUT2D eigenvalue weighted by molar-refractivity contribution is 0.106. The summed E-state index contributed by atoms with van der Waals surface area (Å²) in [6.45, 7) is 0.140. The Morgan fingerprint density at radius 2 is 1.95 bits per heavy atom. The van der Waals surface area contributed by atoms with Gasteiger partial charge in [-0.2, -0.15) is 0 Å². The van der Waals surface area contributed by atoms with Crippen molar-refractivity contribution in [3.8, 4) is 11.5 Å². The number of para-hydroxylation sites is 1. The summed E-state index contributed by atoms with van der Waals surface area (Å²) in [5, 5.41) is 10.7. The van der Waals surface area contributed by atoms with Crippen molar-refractivity contribution in [2.45, 2.75) is 6.10 Å². The fraction of sp³-hybridized carbons (Fsp3) is 0.200. The average Bonchev–Trinajstić information content (AvgIpc) is 2.45. The van der Waals surface area contributed by atoms with Crippen molar-refractivity contribution >= 4 is 11.6 Å². The van der Waals surface area contributed by atoms with E-state index in [2.05, 4.69) is 0 Å². The number of hydrogen-bond donors (Lipinski definition) is 1. The molecule has 0 amide bonds. The van der Waals surface area contributed by atoms with Crippen LogP contribution >= 0.6 is 11.6 Å². The second-order valence-electron chi connectivity index (χ2n) is 4.03. The molecule has 0 spiro atoms. The molecule has 0 aromatic heterocycles. The minimum atomic E-state index is -0.755. The second-order valence-corrected chi connectivity index (χ2v) is 4.46. The zero-order valence-electron chi connectivity index (χ0n) is 10.5. The predicted octanol–water partition coefficient (Wildman–Crippen LogP) is 3.46. The molecule has 0 bridgehead atoms. The number of halogens is 1. The van der Waals surface area contributed by atoms with Crippen LogP contribution < -0.4 is 9.47 Å². The van der Waals surface area contributed by atoms with Gasteiger partial charge in [-0.3, -0.25) is 0 Å². The van der Waals surface area contributed by atoms with E-state index in [4.69, 9.17) is 21.1 Å². The van der Waals surface area contributed by atoms with Crippen LogP contribution in [0.1, 0.15) is 11.7 Å². The van der Waals surface area contributed by atoms with Gasteiger partial charge in [-0.25, -0.2) is 0 Å². The molecule has 0 radical (unpaired) electrons.